The standard InChI is InChI=1S/C15H19NO2/c1-10-5-6-14(13(7-10)15(17)18)16-8-11-3-2-4-12(11)9-16/h5-7,11-12H,2-4,8-9H2,1H3,(H,17,18). The van der Waals surface area contributed by atoms with Crippen LogP contribution in [0.25, 0.3) is 0 Å². The highest BCUT2D eigenvalue weighted by molar-refractivity contribution is 5.94. The smallest absolute Gasteiger partial charge is 0.337 e. The average molecular weight is 245 g/mol. The van der Waals surface area contributed by atoms with E-state index in [1.54, 1.807) is 6.07 Å². The van der Waals surface area contributed by atoms with Gasteiger partial charge in [-0.05, 0) is 43.7 Å². The molecule has 2 aliphatic rings. The van der Waals surface area contributed by atoms with Gasteiger partial charge in [-0.15, -0.1) is 0 Å². The summed E-state index contributed by atoms with van der Waals surface area (Å²) in [4.78, 5) is 13.6. The Kier molecular flexibility index (Phi) is 2.77. The lowest BCUT2D eigenvalue weighted by Crippen LogP contribution is -2.23. The molecule has 0 aromatic heterocycles. The topological polar surface area (TPSA) is 40.5 Å². The second-order valence-electron chi connectivity index (χ2n) is 5.68. The highest BCUT2D eigenvalue weighted by Crippen LogP contribution is 2.40. The van der Waals surface area contributed by atoms with E-state index < -0.39 is 5.97 Å². The van der Waals surface area contributed by atoms with Crippen molar-refractivity contribution in [3.8, 4) is 0 Å². The first-order valence-corrected chi connectivity index (χ1v) is 6.74. The van der Waals surface area contributed by atoms with E-state index in [0.29, 0.717) is 5.56 Å². The predicted molar refractivity (Wildman–Crippen MR) is 71.2 cm³/mol. The summed E-state index contributed by atoms with van der Waals surface area (Å²) in [5.74, 6) is 0.756. The number of anilines is 1. The highest BCUT2D eigenvalue weighted by Gasteiger charge is 2.37. The van der Waals surface area contributed by atoms with Gasteiger partial charge in [0.2, 0.25) is 0 Å². The molecule has 0 bridgehead atoms. The number of carbonyl (C=O) groups is 1. The number of carboxylic acid groups (broad SMARTS) is 1. The van der Waals surface area contributed by atoms with Crippen LogP contribution in [0.1, 0.15) is 35.2 Å². The molecule has 2 unspecified atom stereocenters. The minimum Gasteiger partial charge on any atom is -0.478 e. The fourth-order valence-electron chi connectivity index (χ4n) is 3.53. The molecule has 3 nitrogen and oxygen atoms in total. The SMILES string of the molecule is Cc1ccc(N2CC3CCCC3C2)c(C(=O)O)c1. The summed E-state index contributed by atoms with van der Waals surface area (Å²) >= 11 is 0. The normalized spacial score (nSPS) is 26.4. The van der Waals surface area contributed by atoms with Crippen molar-refractivity contribution in [2.24, 2.45) is 11.8 Å². The zero-order chi connectivity index (χ0) is 12.7. The van der Waals surface area contributed by atoms with Crippen molar-refractivity contribution < 1.29 is 9.90 Å². The monoisotopic (exact) mass is 245 g/mol. The molecule has 3 rings (SSSR count). The number of fused-ring (bicyclic) bond motifs is 1. The fourth-order valence-corrected chi connectivity index (χ4v) is 3.53. The van der Waals surface area contributed by atoms with E-state index in [9.17, 15) is 9.90 Å². The van der Waals surface area contributed by atoms with Gasteiger partial charge in [0.1, 0.15) is 0 Å². The number of nitrogens with zero attached hydrogens (tertiary/aromatic N) is 1. The Bertz CT molecular complexity index is 471. The van der Waals surface area contributed by atoms with Crippen molar-refractivity contribution in [1.29, 1.82) is 0 Å². The lowest BCUT2D eigenvalue weighted by molar-refractivity contribution is 0.0697. The number of rotatable bonds is 2. The molecule has 1 aliphatic heterocycles. The lowest BCUT2D eigenvalue weighted by Gasteiger charge is -2.22. The van der Waals surface area contributed by atoms with Gasteiger partial charge < -0.3 is 10.0 Å². The summed E-state index contributed by atoms with van der Waals surface area (Å²) in [5, 5.41) is 9.33. The molecule has 0 spiro atoms. The van der Waals surface area contributed by atoms with E-state index in [4.69, 9.17) is 0 Å². The minimum absolute atomic E-state index is 0.454. The Balaban J connectivity index is 1.90. The summed E-state index contributed by atoms with van der Waals surface area (Å²) < 4.78 is 0. The first kappa shape index (κ1) is 11.6. The van der Waals surface area contributed by atoms with Crippen LogP contribution in [0.3, 0.4) is 0 Å². The summed E-state index contributed by atoms with van der Waals surface area (Å²) in [6, 6.07) is 5.77. The highest BCUT2D eigenvalue weighted by atomic mass is 16.4. The third kappa shape index (κ3) is 1.88. The molecule has 18 heavy (non-hydrogen) atoms. The average Bonchev–Trinajstić information content (AvgIpc) is 2.88. The second-order valence-corrected chi connectivity index (χ2v) is 5.68. The number of aromatic carboxylic acids is 1. The van der Waals surface area contributed by atoms with Crippen molar-refractivity contribution in [3.05, 3.63) is 29.3 Å². The summed E-state index contributed by atoms with van der Waals surface area (Å²) in [6.07, 6.45) is 3.98. The number of carboxylic acids is 1. The van der Waals surface area contributed by atoms with Crippen LogP contribution in [0.5, 0.6) is 0 Å². The van der Waals surface area contributed by atoms with Gasteiger partial charge in [-0.1, -0.05) is 18.1 Å². The third-order valence-electron chi connectivity index (χ3n) is 4.45. The van der Waals surface area contributed by atoms with Crippen LogP contribution in [-0.4, -0.2) is 24.2 Å². The van der Waals surface area contributed by atoms with Gasteiger partial charge in [-0.3, -0.25) is 0 Å². The van der Waals surface area contributed by atoms with Gasteiger partial charge in [0.25, 0.3) is 0 Å². The molecule has 1 aromatic carbocycles. The second kappa shape index (κ2) is 4.30. The lowest BCUT2D eigenvalue weighted by atomic mass is 10.0. The van der Waals surface area contributed by atoms with Gasteiger partial charge in [0, 0.05) is 13.1 Å². The third-order valence-corrected chi connectivity index (χ3v) is 4.45. The molecule has 1 heterocycles. The Morgan fingerprint density at radius 1 is 1.28 bits per heavy atom. The molecule has 1 N–H and O–H groups in total. The van der Waals surface area contributed by atoms with Crippen LogP contribution in [0.4, 0.5) is 5.69 Å². The molecule has 2 fully saturated rings. The predicted octanol–water partition coefficient (Wildman–Crippen LogP) is 2.93. The fraction of sp³-hybridized carbons (Fsp3) is 0.533. The molecule has 3 heteroatoms. The zero-order valence-corrected chi connectivity index (χ0v) is 10.7. The molecule has 2 atom stereocenters. The van der Waals surface area contributed by atoms with Gasteiger partial charge in [0.15, 0.2) is 0 Å². The van der Waals surface area contributed by atoms with Crippen molar-refractivity contribution in [2.45, 2.75) is 26.2 Å². The van der Waals surface area contributed by atoms with Crippen LogP contribution < -0.4 is 4.90 Å². The van der Waals surface area contributed by atoms with E-state index in [0.717, 1.165) is 36.2 Å². The van der Waals surface area contributed by atoms with Crippen molar-refractivity contribution in [1.82, 2.24) is 0 Å². The quantitative estimate of drug-likeness (QED) is 0.871. The van der Waals surface area contributed by atoms with Crippen molar-refractivity contribution in [2.75, 3.05) is 18.0 Å². The molecule has 0 amide bonds. The maximum Gasteiger partial charge on any atom is 0.337 e. The van der Waals surface area contributed by atoms with Gasteiger partial charge in [-0.25, -0.2) is 4.79 Å². The van der Waals surface area contributed by atoms with E-state index in [1.165, 1.54) is 19.3 Å². The van der Waals surface area contributed by atoms with Crippen LogP contribution in [0.15, 0.2) is 18.2 Å². The van der Waals surface area contributed by atoms with E-state index >= 15 is 0 Å². The Labute approximate surface area is 107 Å². The van der Waals surface area contributed by atoms with Crippen molar-refractivity contribution in [3.63, 3.8) is 0 Å². The van der Waals surface area contributed by atoms with Crippen LogP contribution in [0, 0.1) is 18.8 Å². The molecular weight excluding hydrogens is 226 g/mol. The summed E-state index contributed by atoms with van der Waals surface area (Å²) in [5.41, 5.74) is 2.37. The Morgan fingerprint density at radius 3 is 2.56 bits per heavy atom. The van der Waals surface area contributed by atoms with Gasteiger partial charge in [0.05, 0.1) is 11.3 Å². The molecule has 1 aromatic rings. The van der Waals surface area contributed by atoms with Crippen LogP contribution in [0.2, 0.25) is 0 Å². The Hall–Kier alpha value is -1.51. The Morgan fingerprint density at radius 2 is 1.94 bits per heavy atom. The summed E-state index contributed by atoms with van der Waals surface area (Å²) in [6.45, 7) is 4.01. The number of hydrogen-bond donors (Lipinski definition) is 1. The molecule has 1 saturated heterocycles. The summed E-state index contributed by atoms with van der Waals surface area (Å²) in [7, 11) is 0. The molecule has 1 aliphatic carbocycles. The molecule has 1 saturated carbocycles. The van der Waals surface area contributed by atoms with Gasteiger partial charge >= 0.3 is 5.97 Å². The van der Waals surface area contributed by atoms with Gasteiger partial charge in [-0.2, -0.15) is 0 Å². The zero-order valence-electron chi connectivity index (χ0n) is 10.7. The maximum atomic E-state index is 11.4. The van der Waals surface area contributed by atoms with E-state index in [1.807, 2.05) is 19.1 Å². The van der Waals surface area contributed by atoms with Crippen molar-refractivity contribution >= 4 is 11.7 Å². The number of hydrogen-bond acceptors (Lipinski definition) is 2. The van der Waals surface area contributed by atoms with E-state index in [-0.39, 0.29) is 0 Å². The number of benzene rings is 1. The molecular formula is C15H19NO2. The molecule has 96 valence electrons. The first-order chi connectivity index (χ1) is 8.65. The largest absolute Gasteiger partial charge is 0.478 e. The van der Waals surface area contributed by atoms with E-state index in [2.05, 4.69) is 4.90 Å². The molecule has 0 radical (unpaired) electrons. The minimum atomic E-state index is -0.814. The van der Waals surface area contributed by atoms with Crippen LogP contribution >= 0.6 is 0 Å². The number of aryl methyl sites for hydroxylation is 1. The first-order valence-electron chi connectivity index (χ1n) is 6.74. The van der Waals surface area contributed by atoms with Crippen LogP contribution in [-0.2, 0) is 0 Å². The maximum absolute atomic E-state index is 11.4.